The highest BCUT2D eigenvalue weighted by molar-refractivity contribution is 5.74. The van der Waals surface area contributed by atoms with E-state index in [1.807, 2.05) is 0 Å². The molecular formula is C21H33NO9. The Labute approximate surface area is 181 Å². The summed E-state index contributed by atoms with van der Waals surface area (Å²) in [5.41, 5.74) is 5.87. The highest BCUT2D eigenvalue weighted by Crippen LogP contribution is 2.24. The average Bonchev–Trinajstić information content (AvgIpc) is 2.74. The number of hydrogen-bond acceptors (Lipinski definition) is 9. The van der Waals surface area contributed by atoms with Gasteiger partial charge in [-0.3, -0.25) is 9.59 Å². The number of carboxylic acid groups (broad SMARTS) is 1. The number of carbonyl (C=O) groups is 2. The van der Waals surface area contributed by atoms with Crippen LogP contribution in [0.5, 0.6) is 5.75 Å². The number of rotatable bonds is 9. The lowest BCUT2D eigenvalue weighted by atomic mass is 9.94. The summed E-state index contributed by atoms with van der Waals surface area (Å²) in [6, 6.07) is 6.05. The number of benzene rings is 1. The molecule has 10 heteroatoms. The van der Waals surface area contributed by atoms with E-state index in [0.29, 0.717) is 30.1 Å². The Morgan fingerprint density at radius 3 is 2.23 bits per heavy atom. The third kappa shape index (κ3) is 8.90. The van der Waals surface area contributed by atoms with Crippen LogP contribution >= 0.6 is 0 Å². The van der Waals surface area contributed by atoms with Gasteiger partial charge in [-0.15, -0.1) is 0 Å². The largest absolute Gasteiger partial charge is 0.481 e. The van der Waals surface area contributed by atoms with E-state index < -0.39 is 43.3 Å². The van der Waals surface area contributed by atoms with Crippen molar-refractivity contribution in [2.75, 3.05) is 13.2 Å². The summed E-state index contributed by atoms with van der Waals surface area (Å²) in [5, 5.41) is 46.5. The number of carboxylic acids is 1. The van der Waals surface area contributed by atoms with E-state index in [-0.39, 0.29) is 12.3 Å². The van der Waals surface area contributed by atoms with E-state index in [1.54, 1.807) is 0 Å². The molecule has 0 bridgehead atoms. The Bertz CT molecular complexity index is 665. The number of aldehydes is 1. The minimum Gasteiger partial charge on any atom is -0.481 e. The van der Waals surface area contributed by atoms with Gasteiger partial charge in [0.15, 0.2) is 0 Å². The molecule has 1 saturated heterocycles. The van der Waals surface area contributed by atoms with E-state index in [0.717, 1.165) is 6.42 Å². The van der Waals surface area contributed by atoms with E-state index in [4.69, 9.17) is 25.4 Å². The van der Waals surface area contributed by atoms with Crippen LogP contribution in [0, 0.1) is 11.8 Å². The zero-order valence-electron chi connectivity index (χ0n) is 17.7. The molecule has 1 aliphatic heterocycles. The zero-order chi connectivity index (χ0) is 23.6. The standard InChI is InChI=1S/C13H16O7.C8H17NO2/c14-5-7-1-3-8(4-2-7)19-13-12(18)11(17)10(16)9(6-15)20-13;1-6(2)3-7(5-9)4-8(10)11/h1-5,9-13,15-18H,6H2;6-7H,3-5,9H2,1-2H3,(H,10,11)/t9-,10-,11+,12-,13-;7-/m10/s1. The maximum atomic E-state index is 10.5. The number of carbonyl (C=O) groups excluding carboxylic acids is 1. The molecule has 6 atom stereocenters. The third-order valence-electron chi connectivity index (χ3n) is 4.72. The smallest absolute Gasteiger partial charge is 0.303 e. The quantitative estimate of drug-likeness (QED) is 0.279. The Morgan fingerprint density at radius 2 is 1.77 bits per heavy atom. The van der Waals surface area contributed by atoms with Crippen molar-refractivity contribution in [2.45, 2.75) is 57.4 Å². The third-order valence-corrected chi connectivity index (χ3v) is 4.72. The summed E-state index contributed by atoms with van der Waals surface area (Å²) in [4.78, 5) is 20.8. The number of aliphatic hydroxyl groups is 4. The topological polar surface area (TPSA) is 180 Å². The van der Waals surface area contributed by atoms with Gasteiger partial charge < -0.3 is 40.7 Å². The highest BCUT2D eigenvalue weighted by Gasteiger charge is 2.44. The molecule has 0 aromatic heterocycles. The predicted molar refractivity (Wildman–Crippen MR) is 110 cm³/mol. The summed E-state index contributed by atoms with van der Waals surface area (Å²) in [7, 11) is 0. The summed E-state index contributed by atoms with van der Waals surface area (Å²) >= 11 is 0. The van der Waals surface area contributed by atoms with Crippen molar-refractivity contribution in [3.8, 4) is 5.75 Å². The zero-order valence-corrected chi connectivity index (χ0v) is 17.7. The molecule has 0 aliphatic carbocycles. The average molecular weight is 443 g/mol. The van der Waals surface area contributed by atoms with Crippen LogP contribution in [-0.4, -0.2) is 81.6 Å². The molecule has 10 nitrogen and oxygen atoms in total. The van der Waals surface area contributed by atoms with Gasteiger partial charge in [-0.1, -0.05) is 13.8 Å². The van der Waals surface area contributed by atoms with Crippen LogP contribution in [0.3, 0.4) is 0 Å². The van der Waals surface area contributed by atoms with E-state index >= 15 is 0 Å². The van der Waals surface area contributed by atoms with Gasteiger partial charge in [0, 0.05) is 12.0 Å². The Morgan fingerprint density at radius 1 is 1.16 bits per heavy atom. The lowest BCUT2D eigenvalue weighted by Crippen LogP contribution is -2.60. The van der Waals surface area contributed by atoms with Crippen molar-refractivity contribution in [2.24, 2.45) is 17.6 Å². The molecule has 1 aromatic carbocycles. The first-order valence-corrected chi connectivity index (χ1v) is 10.1. The van der Waals surface area contributed by atoms with E-state index in [1.165, 1.54) is 24.3 Å². The van der Waals surface area contributed by atoms with Crippen LogP contribution in [0.4, 0.5) is 0 Å². The molecule has 0 amide bonds. The summed E-state index contributed by atoms with van der Waals surface area (Å²) < 4.78 is 10.5. The Kier molecular flexibility index (Phi) is 11.6. The fraction of sp³-hybridized carbons (Fsp3) is 0.619. The fourth-order valence-corrected chi connectivity index (χ4v) is 3.10. The van der Waals surface area contributed by atoms with Crippen molar-refractivity contribution in [1.29, 1.82) is 0 Å². The lowest BCUT2D eigenvalue weighted by Gasteiger charge is -2.39. The van der Waals surface area contributed by atoms with Crippen LogP contribution in [0.15, 0.2) is 24.3 Å². The van der Waals surface area contributed by atoms with Crippen molar-refractivity contribution in [3.63, 3.8) is 0 Å². The maximum absolute atomic E-state index is 10.5. The molecule has 31 heavy (non-hydrogen) atoms. The van der Waals surface area contributed by atoms with Crippen LogP contribution in [0.1, 0.15) is 37.0 Å². The monoisotopic (exact) mass is 443 g/mol. The molecule has 7 N–H and O–H groups in total. The number of hydrogen-bond donors (Lipinski definition) is 6. The summed E-state index contributed by atoms with van der Waals surface area (Å²) in [6.45, 7) is 4.11. The van der Waals surface area contributed by atoms with Crippen molar-refractivity contribution >= 4 is 12.3 Å². The predicted octanol–water partition coefficient (Wildman–Crippen LogP) is -0.240. The van der Waals surface area contributed by atoms with Crippen LogP contribution in [0.2, 0.25) is 0 Å². The SMILES string of the molecule is CC(C)C[C@H](CN)CC(=O)O.O=Cc1ccc(O[C@@H]2O[C@H](CO)[C@@H](O)[C@H](O)[C@H]2O)cc1. The van der Waals surface area contributed by atoms with Crippen molar-refractivity contribution in [3.05, 3.63) is 29.8 Å². The Hall–Kier alpha value is -2.08. The van der Waals surface area contributed by atoms with Gasteiger partial charge in [0.25, 0.3) is 0 Å². The minimum absolute atomic E-state index is 0.146. The molecule has 176 valence electrons. The Balaban J connectivity index is 0.000000373. The van der Waals surface area contributed by atoms with E-state index in [2.05, 4.69) is 13.8 Å². The second-order valence-corrected chi connectivity index (χ2v) is 7.83. The normalized spacial score (nSPS) is 26.5. The van der Waals surface area contributed by atoms with Gasteiger partial charge in [-0.25, -0.2) is 0 Å². The molecular weight excluding hydrogens is 410 g/mol. The lowest BCUT2D eigenvalue weighted by molar-refractivity contribution is -0.277. The first kappa shape index (κ1) is 27.0. The van der Waals surface area contributed by atoms with Gasteiger partial charge in [0.1, 0.15) is 36.5 Å². The van der Waals surface area contributed by atoms with Gasteiger partial charge >= 0.3 is 5.97 Å². The first-order valence-electron chi connectivity index (χ1n) is 10.1. The minimum atomic E-state index is -1.49. The van der Waals surface area contributed by atoms with Crippen molar-refractivity contribution < 1.29 is 44.6 Å². The summed E-state index contributed by atoms with van der Waals surface area (Å²) in [5.74, 6) is 0.247. The van der Waals surface area contributed by atoms with Crippen LogP contribution < -0.4 is 10.5 Å². The summed E-state index contributed by atoms with van der Waals surface area (Å²) in [6.07, 6.45) is -4.83. The van der Waals surface area contributed by atoms with Gasteiger partial charge in [0.05, 0.1) is 6.61 Å². The van der Waals surface area contributed by atoms with Gasteiger partial charge in [-0.2, -0.15) is 0 Å². The molecule has 1 heterocycles. The second-order valence-electron chi connectivity index (χ2n) is 7.83. The number of aliphatic hydroxyl groups excluding tert-OH is 4. The van der Waals surface area contributed by atoms with Crippen LogP contribution in [-0.2, 0) is 9.53 Å². The molecule has 1 aliphatic rings. The molecule has 0 radical (unpaired) electrons. The number of aliphatic carboxylic acids is 1. The molecule has 2 rings (SSSR count). The molecule has 1 aromatic rings. The van der Waals surface area contributed by atoms with Gasteiger partial charge in [-0.05, 0) is 49.1 Å². The number of nitrogens with two attached hydrogens (primary N) is 1. The first-order chi connectivity index (χ1) is 14.6. The molecule has 1 fully saturated rings. The highest BCUT2D eigenvalue weighted by atomic mass is 16.7. The maximum Gasteiger partial charge on any atom is 0.303 e. The van der Waals surface area contributed by atoms with Gasteiger partial charge in [0.2, 0.25) is 6.29 Å². The fourth-order valence-electron chi connectivity index (χ4n) is 3.10. The van der Waals surface area contributed by atoms with Crippen molar-refractivity contribution in [1.82, 2.24) is 0 Å². The van der Waals surface area contributed by atoms with Crippen LogP contribution in [0.25, 0.3) is 0 Å². The number of ether oxygens (including phenoxy) is 2. The molecule has 0 unspecified atom stereocenters. The molecule has 0 saturated carbocycles. The van der Waals surface area contributed by atoms with E-state index in [9.17, 15) is 24.9 Å². The molecule has 0 spiro atoms. The second kappa shape index (κ2) is 13.4.